The lowest BCUT2D eigenvalue weighted by atomic mass is 9.99. The second-order valence-electron chi connectivity index (χ2n) is 6.88. The summed E-state index contributed by atoms with van der Waals surface area (Å²) in [5, 5.41) is 5.07. The Hall–Kier alpha value is -1.51. The zero-order valence-electron chi connectivity index (χ0n) is 15.1. The van der Waals surface area contributed by atoms with E-state index in [0.717, 1.165) is 40.0 Å². The molecule has 138 valence electrons. The monoisotopic (exact) mass is 388 g/mol. The van der Waals surface area contributed by atoms with Gasteiger partial charge in [0.1, 0.15) is 6.04 Å². The topological polar surface area (TPSA) is 24.4 Å². The van der Waals surface area contributed by atoms with Crippen LogP contribution in [-0.2, 0) is 0 Å². The van der Waals surface area contributed by atoms with E-state index in [1.165, 1.54) is 38.5 Å². The molecular formula is C22H26Cl2N2. The second kappa shape index (κ2) is 9.99. The summed E-state index contributed by atoms with van der Waals surface area (Å²) in [4.78, 5) is 5.13. The SMILES string of the molecule is Clc1ccc(C(/N=C2/CCCCCCCCN2)c2ccc(Cl)cc2)cc1. The number of nitrogens with zero attached hydrogens (tertiary/aromatic N) is 1. The van der Waals surface area contributed by atoms with Crippen LogP contribution in [0.2, 0.25) is 10.0 Å². The van der Waals surface area contributed by atoms with Gasteiger partial charge in [0.2, 0.25) is 0 Å². The average Bonchev–Trinajstić information content (AvgIpc) is 2.66. The quantitative estimate of drug-likeness (QED) is 0.612. The lowest BCUT2D eigenvalue weighted by Gasteiger charge is -2.19. The molecule has 1 heterocycles. The summed E-state index contributed by atoms with van der Waals surface area (Å²) in [7, 11) is 0. The third-order valence-electron chi connectivity index (χ3n) is 4.83. The molecule has 0 radical (unpaired) electrons. The maximum absolute atomic E-state index is 6.08. The van der Waals surface area contributed by atoms with Crippen molar-refractivity contribution in [1.82, 2.24) is 5.32 Å². The second-order valence-corrected chi connectivity index (χ2v) is 7.75. The largest absolute Gasteiger partial charge is 0.374 e. The standard InChI is InChI=1S/C22H26Cl2N2/c23-19-12-8-17(9-13-19)22(18-10-14-20(24)15-11-18)26-21-7-5-3-1-2-4-6-16-25-21/h8-15,22H,1-7,16H2,(H,25,26). The van der Waals surface area contributed by atoms with Crippen LogP contribution in [0, 0.1) is 0 Å². The van der Waals surface area contributed by atoms with Crippen molar-refractivity contribution in [3.8, 4) is 0 Å². The van der Waals surface area contributed by atoms with Crippen LogP contribution >= 0.6 is 23.2 Å². The Balaban J connectivity index is 1.90. The molecule has 1 N–H and O–H groups in total. The Morgan fingerprint density at radius 2 is 1.19 bits per heavy atom. The van der Waals surface area contributed by atoms with E-state index in [2.05, 4.69) is 29.6 Å². The molecule has 3 rings (SSSR count). The molecule has 0 atom stereocenters. The summed E-state index contributed by atoms with van der Waals surface area (Å²) in [6, 6.07) is 15.9. The summed E-state index contributed by atoms with van der Waals surface area (Å²) >= 11 is 12.2. The first-order valence-corrected chi connectivity index (χ1v) is 10.3. The van der Waals surface area contributed by atoms with Gasteiger partial charge >= 0.3 is 0 Å². The van der Waals surface area contributed by atoms with Crippen LogP contribution in [0.15, 0.2) is 53.5 Å². The Morgan fingerprint density at radius 3 is 1.77 bits per heavy atom. The average molecular weight is 389 g/mol. The summed E-state index contributed by atoms with van der Waals surface area (Å²) in [5.41, 5.74) is 2.28. The molecule has 1 saturated heterocycles. The van der Waals surface area contributed by atoms with Gasteiger partial charge in [-0.1, -0.05) is 73.2 Å². The highest BCUT2D eigenvalue weighted by atomic mass is 35.5. The highest BCUT2D eigenvalue weighted by Crippen LogP contribution is 2.29. The van der Waals surface area contributed by atoms with Gasteiger partial charge in [0.15, 0.2) is 0 Å². The Morgan fingerprint density at radius 1 is 0.692 bits per heavy atom. The molecule has 1 fully saturated rings. The van der Waals surface area contributed by atoms with Gasteiger partial charge in [-0.2, -0.15) is 0 Å². The van der Waals surface area contributed by atoms with Crippen molar-refractivity contribution >= 4 is 29.0 Å². The number of hydrogen-bond donors (Lipinski definition) is 1. The van der Waals surface area contributed by atoms with Crippen LogP contribution in [0.25, 0.3) is 0 Å². The number of aliphatic imine (C=N–C) groups is 1. The van der Waals surface area contributed by atoms with Crippen molar-refractivity contribution in [2.75, 3.05) is 6.54 Å². The Kier molecular flexibility index (Phi) is 7.40. The predicted octanol–water partition coefficient (Wildman–Crippen LogP) is 6.82. The van der Waals surface area contributed by atoms with E-state index in [0.29, 0.717) is 0 Å². The molecule has 26 heavy (non-hydrogen) atoms. The van der Waals surface area contributed by atoms with Crippen molar-refractivity contribution in [2.45, 2.75) is 51.0 Å². The lowest BCUT2D eigenvalue weighted by molar-refractivity contribution is 0.576. The van der Waals surface area contributed by atoms with Crippen LogP contribution in [-0.4, -0.2) is 12.4 Å². The minimum absolute atomic E-state index is 0.0463. The van der Waals surface area contributed by atoms with E-state index in [4.69, 9.17) is 28.2 Å². The molecule has 2 nitrogen and oxygen atoms in total. The number of benzene rings is 2. The van der Waals surface area contributed by atoms with Gasteiger partial charge in [0, 0.05) is 23.0 Å². The van der Waals surface area contributed by atoms with E-state index in [-0.39, 0.29) is 6.04 Å². The molecule has 0 unspecified atom stereocenters. The zero-order valence-corrected chi connectivity index (χ0v) is 16.6. The molecule has 2 aromatic carbocycles. The van der Waals surface area contributed by atoms with Crippen molar-refractivity contribution in [3.63, 3.8) is 0 Å². The number of amidine groups is 1. The lowest BCUT2D eigenvalue weighted by Crippen LogP contribution is -2.26. The van der Waals surface area contributed by atoms with Crippen molar-refractivity contribution in [1.29, 1.82) is 0 Å². The van der Waals surface area contributed by atoms with Crippen LogP contribution in [0.4, 0.5) is 0 Å². The molecule has 1 aliphatic heterocycles. The molecule has 0 saturated carbocycles. The molecule has 0 spiro atoms. The van der Waals surface area contributed by atoms with Gasteiger partial charge in [0.25, 0.3) is 0 Å². The normalized spacial score (nSPS) is 17.9. The molecule has 0 aromatic heterocycles. The predicted molar refractivity (Wildman–Crippen MR) is 113 cm³/mol. The van der Waals surface area contributed by atoms with Gasteiger partial charge in [0.05, 0.1) is 5.84 Å². The smallest absolute Gasteiger partial charge is 0.102 e. The fourth-order valence-electron chi connectivity index (χ4n) is 3.34. The van der Waals surface area contributed by atoms with Crippen LogP contribution in [0.3, 0.4) is 0 Å². The number of nitrogens with one attached hydrogen (secondary N) is 1. The minimum Gasteiger partial charge on any atom is -0.374 e. The third kappa shape index (κ3) is 5.75. The number of rotatable bonds is 3. The molecule has 1 aliphatic rings. The van der Waals surface area contributed by atoms with Crippen LogP contribution in [0.5, 0.6) is 0 Å². The first-order chi connectivity index (χ1) is 12.7. The third-order valence-corrected chi connectivity index (χ3v) is 5.33. The first-order valence-electron chi connectivity index (χ1n) is 9.54. The molecule has 2 aromatic rings. The molecule has 4 heteroatoms. The number of halogens is 2. The fourth-order valence-corrected chi connectivity index (χ4v) is 3.60. The van der Waals surface area contributed by atoms with E-state index < -0.39 is 0 Å². The van der Waals surface area contributed by atoms with Gasteiger partial charge < -0.3 is 5.32 Å². The summed E-state index contributed by atoms with van der Waals surface area (Å²) in [6.07, 6.45) is 8.70. The van der Waals surface area contributed by atoms with E-state index in [1.807, 2.05) is 24.3 Å². The van der Waals surface area contributed by atoms with E-state index in [1.54, 1.807) is 0 Å². The summed E-state index contributed by atoms with van der Waals surface area (Å²) < 4.78 is 0. The Labute approximate surface area is 166 Å². The van der Waals surface area contributed by atoms with Crippen molar-refractivity contribution < 1.29 is 0 Å². The highest BCUT2D eigenvalue weighted by Gasteiger charge is 2.15. The minimum atomic E-state index is -0.0463. The van der Waals surface area contributed by atoms with E-state index >= 15 is 0 Å². The zero-order chi connectivity index (χ0) is 18.2. The van der Waals surface area contributed by atoms with Gasteiger partial charge in [-0.15, -0.1) is 0 Å². The van der Waals surface area contributed by atoms with Crippen LogP contribution in [0.1, 0.15) is 62.1 Å². The maximum Gasteiger partial charge on any atom is 0.102 e. The fraction of sp³-hybridized carbons (Fsp3) is 0.409. The molecule has 0 bridgehead atoms. The van der Waals surface area contributed by atoms with Crippen molar-refractivity contribution in [3.05, 3.63) is 69.7 Å². The molecule has 0 aliphatic carbocycles. The summed E-state index contributed by atoms with van der Waals surface area (Å²) in [5.74, 6) is 1.11. The van der Waals surface area contributed by atoms with Gasteiger partial charge in [-0.3, -0.25) is 4.99 Å². The van der Waals surface area contributed by atoms with E-state index in [9.17, 15) is 0 Å². The van der Waals surface area contributed by atoms with Gasteiger partial charge in [-0.25, -0.2) is 0 Å². The highest BCUT2D eigenvalue weighted by molar-refractivity contribution is 6.30. The number of hydrogen-bond acceptors (Lipinski definition) is 1. The first kappa shape index (κ1) is 19.3. The molecule has 0 amide bonds. The maximum atomic E-state index is 6.08. The van der Waals surface area contributed by atoms with Crippen LogP contribution < -0.4 is 5.32 Å². The Bertz CT molecular complexity index is 650. The molecular weight excluding hydrogens is 363 g/mol. The summed E-state index contributed by atoms with van der Waals surface area (Å²) in [6.45, 7) is 1.01. The van der Waals surface area contributed by atoms with Gasteiger partial charge in [-0.05, 0) is 48.2 Å². The van der Waals surface area contributed by atoms with Crippen molar-refractivity contribution in [2.24, 2.45) is 4.99 Å².